The first-order valence-electron chi connectivity index (χ1n) is 8.97. The third-order valence-corrected chi connectivity index (χ3v) is 6.25. The molecular formula is C21H19BrN2O2. The number of ketones is 1. The Hall–Kier alpha value is -2.11. The highest BCUT2D eigenvalue weighted by Crippen LogP contribution is 2.49. The van der Waals surface area contributed by atoms with Crippen LogP contribution >= 0.6 is 15.9 Å². The van der Waals surface area contributed by atoms with Gasteiger partial charge < -0.3 is 15.0 Å². The highest BCUT2D eigenvalue weighted by Gasteiger charge is 2.52. The van der Waals surface area contributed by atoms with Gasteiger partial charge in [0.05, 0.1) is 5.69 Å². The molecular weight excluding hydrogens is 392 g/mol. The molecule has 2 aliphatic heterocycles. The fourth-order valence-electron chi connectivity index (χ4n) is 4.44. The molecule has 26 heavy (non-hydrogen) atoms. The molecule has 5 rings (SSSR count). The van der Waals surface area contributed by atoms with Crippen molar-refractivity contribution in [3.63, 3.8) is 0 Å². The van der Waals surface area contributed by atoms with Crippen LogP contribution in [-0.4, -0.2) is 30.0 Å². The highest BCUT2D eigenvalue weighted by molar-refractivity contribution is 9.10. The van der Waals surface area contributed by atoms with E-state index in [1.54, 1.807) is 0 Å². The summed E-state index contributed by atoms with van der Waals surface area (Å²) in [6.07, 6.45) is 1.34. The first-order chi connectivity index (χ1) is 12.7. The number of para-hydroxylation sites is 1. The first kappa shape index (κ1) is 16.1. The zero-order chi connectivity index (χ0) is 17.7. The number of ether oxygens (including phenoxy) is 1. The fraction of sp³-hybridized carbons (Fsp3) is 0.286. The van der Waals surface area contributed by atoms with E-state index in [1.165, 1.54) is 5.56 Å². The summed E-state index contributed by atoms with van der Waals surface area (Å²) >= 11 is 3.49. The number of Topliss-reactive ketones (excluding diaryl/α,β-unsaturated/α-hetero) is 1. The minimum Gasteiger partial charge on any atom is -0.481 e. The summed E-state index contributed by atoms with van der Waals surface area (Å²) in [5.41, 5.74) is 2.52. The molecule has 0 saturated carbocycles. The minimum absolute atomic E-state index is 0.0374. The van der Waals surface area contributed by atoms with Crippen LogP contribution in [0.15, 0.2) is 53.0 Å². The van der Waals surface area contributed by atoms with Crippen LogP contribution in [0.5, 0.6) is 5.75 Å². The lowest BCUT2D eigenvalue weighted by Crippen LogP contribution is -2.50. The van der Waals surface area contributed by atoms with Crippen molar-refractivity contribution in [2.45, 2.75) is 24.4 Å². The molecule has 0 bridgehead atoms. The molecule has 132 valence electrons. The summed E-state index contributed by atoms with van der Waals surface area (Å²) in [6.45, 7) is 1.81. The van der Waals surface area contributed by atoms with Gasteiger partial charge in [0.2, 0.25) is 5.78 Å². The molecule has 3 heterocycles. The SMILES string of the molecule is O=C(c1cc2ccc(Br)cc2[nH]1)[C@@H]1Oc2ccccc2C12CCNCC2. The van der Waals surface area contributed by atoms with E-state index >= 15 is 0 Å². The van der Waals surface area contributed by atoms with Crippen molar-refractivity contribution in [3.05, 3.63) is 64.3 Å². The van der Waals surface area contributed by atoms with Gasteiger partial charge >= 0.3 is 0 Å². The molecule has 0 radical (unpaired) electrons. The number of H-pyrrole nitrogens is 1. The van der Waals surface area contributed by atoms with Gasteiger partial charge in [0.25, 0.3) is 0 Å². The second-order valence-electron chi connectivity index (χ2n) is 7.18. The number of aromatic nitrogens is 1. The predicted molar refractivity (Wildman–Crippen MR) is 105 cm³/mol. The van der Waals surface area contributed by atoms with Crippen molar-refractivity contribution in [3.8, 4) is 5.75 Å². The molecule has 1 saturated heterocycles. The van der Waals surface area contributed by atoms with Crippen molar-refractivity contribution in [1.82, 2.24) is 10.3 Å². The summed E-state index contributed by atoms with van der Waals surface area (Å²) in [4.78, 5) is 16.7. The van der Waals surface area contributed by atoms with Crippen LogP contribution in [0.25, 0.3) is 10.9 Å². The number of rotatable bonds is 2. The summed E-state index contributed by atoms with van der Waals surface area (Å²) in [7, 11) is 0. The van der Waals surface area contributed by atoms with Crippen LogP contribution in [0.3, 0.4) is 0 Å². The Morgan fingerprint density at radius 2 is 1.92 bits per heavy atom. The Kier molecular flexibility index (Phi) is 3.69. The molecule has 1 fully saturated rings. The van der Waals surface area contributed by atoms with Gasteiger partial charge in [-0.05, 0) is 50.2 Å². The Labute approximate surface area is 160 Å². The van der Waals surface area contributed by atoms with E-state index in [1.807, 2.05) is 42.5 Å². The monoisotopic (exact) mass is 410 g/mol. The number of fused-ring (bicyclic) bond motifs is 3. The Morgan fingerprint density at radius 1 is 1.12 bits per heavy atom. The molecule has 0 unspecified atom stereocenters. The largest absolute Gasteiger partial charge is 0.481 e. The number of benzene rings is 2. The van der Waals surface area contributed by atoms with E-state index < -0.39 is 6.10 Å². The number of carbonyl (C=O) groups excluding carboxylic acids is 1. The number of piperidine rings is 1. The summed E-state index contributed by atoms with van der Waals surface area (Å²) in [6, 6.07) is 16.0. The van der Waals surface area contributed by atoms with Crippen LogP contribution in [0.2, 0.25) is 0 Å². The summed E-state index contributed by atoms with van der Waals surface area (Å²) < 4.78 is 7.22. The standard InChI is InChI=1S/C21H19BrN2O2/c22-14-6-5-13-11-17(24-16(13)12-14)19(25)20-21(7-9-23-10-8-21)15-3-1-2-4-18(15)26-20/h1-6,11-12,20,23-24H,7-10H2/t20-/m0/s1. The number of hydrogen-bond acceptors (Lipinski definition) is 3. The maximum atomic E-state index is 13.5. The van der Waals surface area contributed by atoms with Crippen molar-refractivity contribution in [2.24, 2.45) is 0 Å². The van der Waals surface area contributed by atoms with Gasteiger partial charge in [-0.1, -0.05) is 40.2 Å². The van der Waals surface area contributed by atoms with Crippen molar-refractivity contribution >= 4 is 32.6 Å². The maximum absolute atomic E-state index is 13.5. The fourth-order valence-corrected chi connectivity index (χ4v) is 4.80. The van der Waals surface area contributed by atoms with E-state index in [-0.39, 0.29) is 11.2 Å². The van der Waals surface area contributed by atoms with Crippen LogP contribution in [0.4, 0.5) is 0 Å². The van der Waals surface area contributed by atoms with E-state index in [4.69, 9.17) is 4.74 Å². The van der Waals surface area contributed by atoms with E-state index in [2.05, 4.69) is 32.3 Å². The number of carbonyl (C=O) groups is 1. The van der Waals surface area contributed by atoms with Crippen LogP contribution in [0, 0.1) is 0 Å². The molecule has 1 atom stereocenters. The Bertz CT molecular complexity index is 1000. The van der Waals surface area contributed by atoms with E-state index in [0.29, 0.717) is 5.69 Å². The molecule has 2 N–H and O–H groups in total. The zero-order valence-corrected chi connectivity index (χ0v) is 15.8. The first-order valence-corrected chi connectivity index (χ1v) is 9.76. The third-order valence-electron chi connectivity index (χ3n) is 5.75. The molecule has 0 amide bonds. The van der Waals surface area contributed by atoms with Gasteiger partial charge in [-0.2, -0.15) is 0 Å². The van der Waals surface area contributed by atoms with Gasteiger partial charge in [-0.3, -0.25) is 4.79 Å². The molecule has 1 spiro atoms. The molecule has 4 nitrogen and oxygen atoms in total. The van der Waals surface area contributed by atoms with E-state index in [9.17, 15) is 4.79 Å². The molecule has 1 aromatic heterocycles. The number of hydrogen-bond donors (Lipinski definition) is 2. The van der Waals surface area contributed by atoms with Gasteiger partial charge in [-0.25, -0.2) is 0 Å². The summed E-state index contributed by atoms with van der Waals surface area (Å²) in [5, 5.41) is 4.45. The topological polar surface area (TPSA) is 54.1 Å². The lowest BCUT2D eigenvalue weighted by molar-refractivity contribution is 0.0643. The maximum Gasteiger partial charge on any atom is 0.220 e. The zero-order valence-electron chi connectivity index (χ0n) is 14.2. The smallest absolute Gasteiger partial charge is 0.220 e. The van der Waals surface area contributed by atoms with Crippen molar-refractivity contribution < 1.29 is 9.53 Å². The average molecular weight is 411 g/mol. The number of nitrogens with one attached hydrogen (secondary N) is 2. The highest BCUT2D eigenvalue weighted by atomic mass is 79.9. The van der Waals surface area contributed by atoms with Gasteiger partial charge in [0.15, 0.2) is 6.10 Å². The van der Waals surface area contributed by atoms with Crippen LogP contribution in [0.1, 0.15) is 28.9 Å². The second kappa shape index (κ2) is 5.96. The van der Waals surface area contributed by atoms with Gasteiger partial charge in [-0.15, -0.1) is 0 Å². The minimum atomic E-state index is -0.474. The number of aromatic amines is 1. The van der Waals surface area contributed by atoms with Gasteiger partial charge in [0, 0.05) is 26.4 Å². The summed E-state index contributed by atoms with van der Waals surface area (Å²) in [5.74, 6) is 0.891. The lowest BCUT2D eigenvalue weighted by Gasteiger charge is -2.37. The average Bonchev–Trinajstić information content (AvgIpc) is 3.22. The van der Waals surface area contributed by atoms with Crippen LogP contribution in [-0.2, 0) is 5.41 Å². The number of halogens is 1. The van der Waals surface area contributed by atoms with Gasteiger partial charge in [0.1, 0.15) is 5.75 Å². The molecule has 5 heteroatoms. The predicted octanol–water partition coefficient (Wildman–Crippen LogP) is 4.20. The van der Waals surface area contributed by atoms with Crippen LogP contribution < -0.4 is 10.1 Å². The Balaban J connectivity index is 1.58. The third kappa shape index (κ3) is 2.34. The molecule has 2 aromatic carbocycles. The lowest BCUT2D eigenvalue weighted by atomic mass is 9.69. The van der Waals surface area contributed by atoms with E-state index in [0.717, 1.165) is 47.1 Å². The quantitative estimate of drug-likeness (QED) is 0.622. The second-order valence-corrected chi connectivity index (χ2v) is 8.09. The molecule has 3 aromatic rings. The normalized spacial score (nSPS) is 20.9. The molecule has 2 aliphatic rings. The van der Waals surface area contributed by atoms with Crippen molar-refractivity contribution in [1.29, 1.82) is 0 Å². The van der Waals surface area contributed by atoms with Crippen molar-refractivity contribution in [2.75, 3.05) is 13.1 Å². The Morgan fingerprint density at radius 3 is 2.77 bits per heavy atom. The molecule has 0 aliphatic carbocycles.